The summed E-state index contributed by atoms with van der Waals surface area (Å²) in [5.41, 5.74) is 3.94. The van der Waals surface area contributed by atoms with Crippen LogP contribution in [0.5, 0.6) is 0 Å². The van der Waals surface area contributed by atoms with E-state index in [-0.39, 0.29) is 10.7 Å². The van der Waals surface area contributed by atoms with Crippen molar-refractivity contribution < 1.29 is 9.59 Å². The monoisotopic (exact) mass is 553 g/mol. The van der Waals surface area contributed by atoms with Gasteiger partial charge in [-0.15, -0.1) is 0 Å². The van der Waals surface area contributed by atoms with E-state index in [0.29, 0.717) is 27.3 Å². The first kappa shape index (κ1) is 24.5. The summed E-state index contributed by atoms with van der Waals surface area (Å²) in [6.07, 6.45) is 3.50. The Morgan fingerprint density at radius 3 is 2.47 bits per heavy atom. The highest BCUT2D eigenvalue weighted by Gasteiger charge is 2.35. The van der Waals surface area contributed by atoms with E-state index in [1.807, 2.05) is 54.1 Å². The maximum Gasteiger partial charge on any atom is 0.270 e. The third-order valence-electron chi connectivity index (χ3n) is 5.97. The molecule has 0 aliphatic carbocycles. The Balaban J connectivity index is 1.56. The largest absolute Gasteiger partial charge is 0.342 e. The average molecular weight is 555 g/mol. The van der Waals surface area contributed by atoms with Gasteiger partial charge in [0.2, 0.25) is 0 Å². The van der Waals surface area contributed by atoms with Gasteiger partial charge < -0.3 is 4.57 Å². The van der Waals surface area contributed by atoms with Crippen molar-refractivity contribution in [3.63, 3.8) is 0 Å². The molecule has 0 saturated carbocycles. The molecule has 5 rings (SSSR count). The molecule has 1 saturated heterocycles. The van der Waals surface area contributed by atoms with Crippen LogP contribution in [0.25, 0.3) is 17.0 Å². The van der Waals surface area contributed by atoms with Gasteiger partial charge in [0.1, 0.15) is 5.57 Å². The van der Waals surface area contributed by atoms with Crippen LogP contribution >= 0.6 is 47.0 Å². The number of carbonyl (C=O) groups excluding carboxylic acids is 2. The van der Waals surface area contributed by atoms with Gasteiger partial charge in [-0.05, 0) is 66.7 Å². The molecule has 1 aliphatic heterocycles. The number of aryl methyl sites for hydroxylation is 1. The first-order chi connectivity index (χ1) is 17.2. The molecule has 9 heteroatoms. The summed E-state index contributed by atoms with van der Waals surface area (Å²) >= 11 is 23.9. The van der Waals surface area contributed by atoms with E-state index in [1.165, 1.54) is 4.90 Å². The average Bonchev–Trinajstić information content (AvgIpc) is 3.18. The summed E-state index contributed by atoms with van der Waals surface area (Å²) in [4.78, 5) is 27.6. The number of hydrogen-bond donors (Lipinski definition) is 1. The number of amides is 2. The number of anilines is 1. The molecule has 1 aromatic heterocycles. The van der Waals surface area contributed by atoms with Crippen molar-refractivity contribution in [1.29, 1.82) is 0 Å². The van der Waals surface area contributed by atoms with E-state index in [4.69, 9.17) is 47.0 Å². The number of benzene rings is 3. The highest BCUT2D eigenvalue weighted by atomic mass is 35.5. The topological polar surface area (TPSA) is 54.3 Å². The molecule has 4 aromatic rings. The lowest BCUT2D eigenvalue weighted by molar-refractivity contribution is -0.122. The highest BCUT2D eigenvalue weighted by Crippen LogP contribution is 2.30. The number of nitrogens with one attached hydrogen (secondary N) is 1. The quantitative estimate of drug-likeness (QED) is 0.172. The SMILES string of the molecule is Cc1ccc(N2C(=O)/C(=C/c3cn(Cc4ccc(Cl)c(Cl)c4)c4ccccc34)C(=O)NC2=S)cc1Cl. The predicted octanol–water partition coefficient (Wildman–Crippen LogP) is 6.79. The van der Waals surface area contributed by atoms with E-state index >= 15 is 0 Å². The molecule has 0 unspecified atom stereocenters. The fourth-order valence-electron chi connectivity index (χ4n) is 4.12. The fraction of sp³-hybridized carbons (Fsp3) is 0.0741. The molecule has 5 nitrogen and oxygen atoms in total. The van der Waals surface area contributed by atoms with Crippen molar-refractivity contribution in [3.8, 4) is 0 Å². The molecule has 180 valence electrons. The van der Waals surface area contributed by atoms with Crippen molar-refractivity contribution in [2.45, 2.75) is 13.5 Å². The van der Waals surface area contributed by atoms with Gasteiger partial charge in [-0.1, -0.05) is 65.1 Å². The van der Waals surface area contributed by atoms with Gasteiger partial charge in [-0.25, -0.2) is 0 Å². The second kappa shape index (κ2) is 9.71. The van der Waals surface area contributed by atoms with Gasteiger partial charge in [0.05, 0.1) is 15.7 Å². The molecule has 1 N–H and O–H groups in total. The van der Waals surface area contributed by atoms with Crippen LogP contribution in [0.2, 0.25) is 15.1 Å². The number of hydrogen-bond acceptors (Lipinski definition) is 3. The summed E-state index contributed by atoms with van der Waals surface area (Å²) in [5, 5.41) is 4.98. The van der Waals surface area contributed by atoms with Crippen molar-refractivity contribution in [3.05, 3.63) is 104 Å². The Labute approximate surface area is 227 Å². The molecule has 2 amide bonds. The Morgan fingerprint density at radius 1 is 0.944 bits per heavy atom. The molecule has 1 fully saturated rings. The second-order valence-corrected chi connectivity index (χ2v) is 9.98. The third kappa shape index (κ3) is 4.53. The van der Waals surface area contributed by atoms with Crippen LogP contribution in [0, 0.1) is 6.92 Å². The number of fused-ring (bicyclic) bond motifs is 1. The van der Waals surface area contributed by atoms with Gasteiger partial charge in [-0.2, -0.15) is 0 Å². The van der Waals surface area contributed by atoms with E-state index in [2.05, 4.69) is 5.32 Å². The minimum atomic E-state index is -0.555. The van der Waals surface area contributed by atoms with Crippen LogP contribution in [0.3, 0.4) is 0 Å². The zero-order valence-electron chi connectivity index (χ0n) is 18.9. The number of aromatic nitrogens is 1. The summed E-state index contributed by atoms with van der Waals surface area (Å²) < 4.78 is 2.04. The van der Waals surface area contributed by atoms with Crippen molar-refractivity contribution in [2.75, 3.05) is 4.90 Å². The minimum absolute atomic E-state index is 0.00381. The molecule has 0 spiro atoms. The Hall–Kier alpha value is -3.16. The number of halogens is 3. The Morgan fingerprint density at radius 2 is 1.72 bits per heavy atom. The maximum atomic E-state index is 13.5. The van der Waals surface area contributed by atoms with Crippen LogP contribution in [0.1, 0.15) is 16.7 Å². The first-order valence-electron chi connectivity index (χ1n) is 10.9. The summed E-state index contributed by atoms with van der Waals surface area (Å²) in [6, 6.07) is 18.4. The lowest BCUT2D eigenvalue weighted by atomic mass is 10.1. The van der Waals surface area contributed by atoms with E-state index in [1.54, 1.807) is 30.3 Å². The maximum absolute atomic E-state index is 13.5. The number of rotatable bonds is 4. The third-order valence-corrected chi connectivity index (χ3v) is 7.40. The van der Waals surface area contributed by atoms with Crippen LogP contribution in [0.15, 0.2) is 72.4 Å². The number of thiocarbonyl (C=S) groups is 1. The minimum Gasteiger partial charge on any atom is -0.342 e. The Kier molecular flexibility index (Phi) is 6.62. The summed E-state index contributed by atoms with van der Waals surface area (Å²) in [5.74, 6) is -1.08. The second-order valence-electron chi connectivity index (χ2n) is 8.37. The van der Waals surface area contributed by atoms with Crippen molar-refractivity contribution in [2.24, 2.45) is 0 Å². The van der Waals surface area contributed by atoms with Crippen LogP contribution in [-0.2, 0) is 16.1 Å². The van der Waals surface area contributed by atoms with Crippen molar-refractivity contribution >= 4 is 86.6 Å². The number of para-hydroxylation sites is 1. The van der Waals surface area contributed by atoms with Gasteiger partial charge in [-0.3, -0.25) is 19.8 Å². The zero-order valence-corrected chi connectivity index (χ0v) is 22.0. The Bertz CT molecular complexity index is 1610. The van der Waals surface area contributed by atoms with E-state index in [9.17, 15) is 9.59 Å². The normalized spacial score (nSPS) is 15.2. The van der Waals surface area contributed by atoms with E-state index in [0.717, 1.165) is 27.6 Å². The van der Waals surface area contributed by atoms with Crippen molar-refractivity contribution in [1.82, 2.24) is 9.88 Å². The molecule has 36 heavy (non-hydrogen) atoms. The molecule has 0 bridgehead atoms. The summed E-state index contributed by atoms with van der Waals surface area (Å²) in [6.45, 7) is 2.39. The first-order valence-corrected chi connectivity index (χ1v) is 12.5. The number of carbonyl (C=O) groups is 2. The molecule has 0 atom stereocenters. The van der Waals surface area contributed by atoms with Gasteiger partial charge in [0.25, 0.3) is 11.8 Å². The van der Waals surface area contributed by atoms with Crippen LogP contribution < -0.4 is 10.2 Å². The van der Waals surface area contributed by atoms with Crippen LogP contribution in [0.4, 0.5) is 5.69 Å². The lowest BCUT2D eigenvalue weighted by Gasteiger charge is -2.29. The van der Waals surface area contributed by atoms with E-state index < -0.39 is 11.8 Å². The smallest absolute Gasteiger partial charge is 0.270 e. The fourth-order valence-corrected chi connectivity index (χ4v) is 4.90. The predicted molar refractivity (Wildman–Crippen MR) is 150 cm³/mol. The van der Waals surface area contributed by atoms with Crippen LogP contribution in [-0.4, -0.2) is 21.5 Å². The standard InChI is InChI=1S/C27H18Cl3N3O2S/c1-15-6-8-18(12-22(15)29)33-26(35)20(25(34)31-27(33)36)11-17-14-32(24-5-3-2-4-19(17)24)13-16-7-9-21(28)23(30)10-16/h2-12,14H,13H2,1H3,(H,31,34,36)/b20-11+. The van der Waals surface area contributed by atoms with Gasteiger partial charge >= 0.3 is 0 Å². The molecule has 0 radical (unpaired) electrons. The molecule has 3 aromatic carbocycles. The van der Waals surface area contributed by atoms with Gasteiger partial charge in [0, 0.05) is 34.2 Å². The van der Waals surface area contributed by atoms with Gasteiger partial charge in [0.15, 0.2) is 5.11 Å². The number of nitrogens with zero attached hydrogens (tertiary/aromatic N) is 2. The summed E-state index contributed by atoms with van der Waals surface area (Å²) in [7, 11) is 0. The molecule has 2 heterocycles. The molecule has 1 aliphatic rings. The zero-order chi connectivity index (χ0) is 25.6. The lowest BCUT2D eigenvalue weighted by Crippen LogP contribution is -2.54. The highest BCUT2D eigenvalue weighted by molar-refractivity contribution is 7.80. The molecular formula is C27H18Cl3N3O2S. The molecular weight excluding hydrogens is 537 g/mol.